The average molecular weight is 332 g/mol. The molecule has 0 bridgehead atoms. The molecule has 0 saturated heterocycles. The van der Waals surface area contributed by atoms with Gasteiger partial charge in [-0.25, -0.2) is 0 Å². The van der Waals surface area contributed by atoms with E-state index >= 15 is 0 Å². The first kappa shape index (κ1) is 19.0. The van der Waals surface area contributed by atoms with Gasteiger partial charge in [0.25, 0.3) is 0 Å². The number of carbonyl (C=O) groups is 2. The van der Waals surface area contributed by atoms with Gasteiger partial charge in [0.15, 0.2) is 0 Å². The number of fused-ring (bicyclic) bond motifs is 1. The van der Waals surface area contributed by atoms with Gasteiger partial charge >= 0.3 is 5.97 Å². The molecule has 134 valence electrons. The molecule has 0 aliphatic heterocycles. The van der Waals surface area contributed by atoms with Crippen LogP contribution in [0.15, 0.2) is 23.8 Å². The number of esters is 1. The second kappa shape index (κ2) is 7.25. The van der Waals surface area contributed by atoms with E-state index in [1.165, 1.54) is 38.4 Å². The number of allylic oxidation sites excluding steroid dienone is 2. The zero-order valence-corrected chi connectivity index (χ0v) is 15.7. The number of rotatable bonds is 5. The maximum Gasteiger partial charge on any atom is 0.310 e. The van der Waals surface area contributed by atoms with Crippen LogP contribution in [0.4, 0.5) is 0 Å². The molecule has 3 heteroatoms. The fourth-order valence-corrected chi connectivity index (χ4v) is 5.38. The molecule has 0 heterocycles. The van der Waals surface area contributed by atoms with E-state index in [4.69, 9.17) is 0 Å². The van der Waals surface area contributed by atoms with Crippen molar-refractivity contribution in [1.29, 1.82) is 0 Å². The molecule has 2 fully saturated rings. The summed E-state index contributed by atoms with van der Waals surface area (Å²) >= 11 is 0. The van der Waals surface area contributed by atoms with E-state index in [9.17, 15) is 9.59 Å². The third-order valence-electron chi connectivity index (χ3n) is 6.66. The molecule has 3 atom stereocenters. The molecular formula is C21H32O3. The van der Waals surface area contributed by atoms with Crippen LogP contribution in [0.5, 0.6) is 0 Å². The van der Waals surface area contributed by atoms with Crippen molar-refractivity contribution in [2.45, 2.75) is 65.7 Å². The van der Waals surface area contributed by atoms with E-state index < -0.39 is 0 Å². The molecule has 0 radical (unpaired) electrons. The van der Waals surface area contributed by atoms with E-state index in [1.54, 1.807) is 0 Å². The molecule has 0 unspecified atom stereocenters. The van der Waals surface area contributed by atoms with Crippen LogP contribution >= 0.6 is 0 Å². The highest BCUT2D eigenvalue weighted by Gasteiger charge is 2.52. The van der Waals surface area contributed by atoms with E-state index in [0.717, 1.165) is 19.1 Å². The Balaban J connectivity index is 2.22. The molecule has 2 rings (SSSR count). The van der Waals surface area contributed by atoms with Crippen molar-refractivity contribution in [1.82, 2.24) is 0 Å². The number of hydrogen-bond donors (Lipinski definition) is 0. The van der Waals surface area contributed by atoms with Crippen molar-refractivity contribution in [3.05, 3.63) is 23.8 Å². The van der Waals surface area contributed by atoms with Crippen LogP contribution in [-0.4, -0.2) is 19.4 Å². The Morgan fingerprint density at radius 2 is 2.04 bits per heavy atom. The van der Waals surface area contributed by atoms with E-state index in [2.05, 4.69) is 32.1 Å². The highest BCUT2D eigenvalue weighted by atomic mass is 16.5. The normalized spacial score (nSPS) is 32.8. The first-order valence-electron chi connectivity index (χ1n) is 9.13. The zero-order valence-electron chi connectivity index (χ0n) is 15.7. The van der Waals surface area contributed by atoms with Crippen LogP contribution < -0.4 is 0 Å². The van der Waals surface area contributed by atoms with Crippen LogP contribution in [0.3, 0.4) is 0 Å². The predicted octanol–water partition coefficient (Wildman–Crippen LogP) is 4.86. The number of methoxy groups -OCH3 is 1. The van der Waals surface area contributed by atoms with Gasteiger partial charge in [0, 0.05) is 0 Å². The van der Waals surface area contributed by atoms with Gasteiger partial charge in [-0.05, 0) is 60.3 Å². The monoisotopic (exact) mass is 332 g/mol. The average Bonchev–Trinajstić information content (AvgIpc) is 2.51. The third-order valence-corrected chi connectivity index (χ3v) is 6.66. The molecule has 0 aromatic carbocycles. The van der Waals surface area contributed by atoms with Crippen molar-refractivity contribution >= 4 is 12.3 Å². The highest BCUT2D eigenvalue weighted by Crippen LogP contribution is 2.61. The maximum atomic E-state index is 11.4. The van der Waals surface area contributed by atoms with Crippen LogP contribution in [0.2, 0.25) is 0 Å². The Bertz CT molecular complexity index is 543. The molecule has 0 spiro atoms. The molecule has 2 aliphatic rings. The van der Waals surface area contributed by atoms with Crippen LogP contribution in [0.25, 0.3) is 0 Å². The minimum Gasteiger partial charge on any atom is -0.469 e. The number of aldehydes is 1. The number of hydrogen-bond acceptors (Lipinski definition) is 3. The van der Waals surface area contributed by atoms with Gasteiger partial charge in [0.2, 0.25) is 0 Å². The lowest BCUT2D eigenvalue weighted by molar-refractivity contribution is -0.140. The van der Waals surface area contributed by atoms with Crippen LogP contribution in [0.1, 0.15) is 65.7 Å². The Labute approximate surface area is 146 Å². The van der Waals surface area contributed by atoms with Gasteiger partial charge < -0.3 is 4.74 Å². The second-order valence-corrected chi connectivity index (χ2v) is 8.54. The lowest BCUT2D eigenvalue weighted by Crippen LogP contribution is -2.49. The third kappa shape index (κ3) is 3.65. The van der Waals surface area contributed by atoms with Gasteiger partial charge in [0.05, 0.1) is 13.5 Å². The number of ether oxygens (including phenoxy) is 1. The SMILES string of the molecule is C=C1CC[C@H]2C(C)(C)CCC[C@]2(C)[C@H]1C/C=C(\C=O)CC(=O)OC. The van der Waals surface area contributed by atoms with Crippen molar-refractivity contribution in [2.75, 3.05) is 7.11 Å². The van der Waals surface area contributed by atoms with Crippen LogP contribution in [0, 0.1) is 22.7 Å². The summed E-state index contributed by atoms with van der Waals surface area (Å²) in [6, 6.07) is 0. The Kier molecular flexibility index (Phi) is 5.72. The van der Waals surface area contributed by atoms with Gasteiger partial charge in [-0.3, -0.25) is 9.59 Å². The van der Waals surface area contributed by atoms with Gasteiger partial charge in [-0.2, -0.15) is 0 Å². The summed E-state index contributed by atoms with van der Waals surface area (Å²) in [5, 5.41) is 0. The van der Waals surface area contributed by atoms with E-state index in [-0.39, 0.29) is 17.8 Å². The van der Waals surface area contributed by atoms with Crippen molar-refractivity contribution < 1.29 is 14.3 Å². The summed E-state index contributed by atoms with van der Waals surface area (Å²) in [5.41, 5.74) is 2.45. The first-order valence-corrected chi connectivity index (χ1v) is 9.13. The predicted molar refractivity (Wildman–Crippen MR) is 96.5 cm³/mol. The molecule has 0 amide bonds. The van der Waals surface area contributed by atoms with Gasteiger partial charge in [-0.15, -0.1) is 0 Å². The maximum absolute atomic E-state index is 11.4. The Hall–Kier alpha value is -1.38. The lowest BCUT2D eigenvalue weighted by Gasteiger charge is -2.58. The van der Waals surface area contributed by atoms with Crippen molar-refractivity contribution in [3.8, 4) is 0 Å². The summed E-state index contributed by atoms with van der Waals surface area (Å²) in [6.07, 6.45) is 9.67. The fraction of sp³-hybridized carbons (Fsp3) is 0.714. The summed E-state index contributed by atoms with van der Waals surface area (Å²) in [4.78, 5) is 22.7. The Morgan fingerprint density at radius 3 is 2.67 bits per heavy atom. The van der Waals surface area contributed by atoms with E-state index in [0.29, 0.717) is 22.8 Å². The van der Waals surface area contributed by atoms with E-state index in [1.807, 2.05) is 6.08 Å². The van der Waals surface area contributed by atoms with Gasteiger partial charge in [-0.1, -0.05) is 45.4 Å². The molecule has 2 aliphatic carbocycles. The molecule has 24 heavy (non-hydrogen) atoms. The quantitative estimate of drug-likeness (QED) is 0.312. The minimum atomic E-state index is -0.362. The summed E-state index contributed by atoms with van der Waals surface area (Å²) in [7, 11) is 1.35. The lowest BCUT2D eigenvalue weighted by atomic mass is 9.47. The molecule has 0 aromatic heterocycles. The summed E-state index contributed by atoms with van der Waals surface area (Å²) in [5.74, 6) is 0.727. The number of carbonyl (C=O) groups excluding carboxylic acids is 2. The second-order valence-electron chi connectivity index (χ2n) is 8.54. The first-order chi connectivity index (χ1) is 11.2. The molecule has 2 saturated carbocycles. The van der Waals surface area contributed by atoms with Crippen LogP contribution in [-0.2, 0) is 14.3 Å². The highest BCUT2D eigenvalue weighted by molar-refractivity contribution is 5.84. The molecule has 0 N–H and O–H groups in total. The molecular weight excluding hydrogens is 300 g/mol. The summed E-state index contributed by atoms with van der Waals surface area (Å²) in [6.45, 7) is 11.6. The fourth-order valence-electron chi connectivity index (χ4n) is 5.38. The van der Waals surface area contributed by atoms with Gasteiger partial charge in [0.1, 0.15) is 6.29 Å². The largest absolute Gasteiger partial charge is 0.469 e. The standard InChI is InChI=1S/C21H32O3/c1-15-7-10-18-20(2,3)11-6-12-21(18,4)17(15)9-8-16(14-22)13-19(23)24-5/h8,14,17-18H,1,6-7,9-13H2,2-5H3/b16-8-/t17-,18-,21+/m0/s1. The molecule has 0 aromatic rings. The van der Waals surface area contributed by atoms with Crippen molar-refractivity contribution in [3.63, 3.8) is 0 Å². The molecule has 3 nitrogen and oxygen atoms in total. The van der Waals surface area contributed by atoms with Crippen molar-refractivity contribution in [2.24, 2.45) is 22.7 Å². The topological polar surface area (TPSA) is 43.4 Å². The Morgan fingerprint density at radius 1 is 1.33 bits per heavy atom. The smallest absolute Gasteiger partial charge is 0.310 e. The minimum absolute atomic E-state index is 0.0603. The zero-order chi connectivity index (χ0) is 18.0. The summed E-state index contributed by atoms with van der Waals surface area (Å²) < 4.78 is 4.67.